The summed E-state index contributed by atoms with van der Waals surface area (Å²) in [4.78, 5) is 16.5. The van der Waals surface area contributed by atoms with Crippen LogP contribution in [0.15, 0.2) is 29.3 Å². The molecule has 0 aliphatic carbocycles. The number of nitrogens with zero attached hydrogens (tertiary/aromatic N) is 2. The zero-order chi connectivity index (χ0) is 12.3. The van der Waals surface area contributed by atoms with Crippen molar-refractivity contribution in [3.05, 3.63) is 38.5 Å². The molecular formula is C13H15IN2O. The van der Waals surface area contributed by atoms with Crippen molar-refractivity contribution in [3.63, 3.8) is 0 Å². The van der Waals surface area contributed by atoms with Gasteiger partial charge in [0.2, 0.25) is 0 Å². The van der Waals surface area contributed by atoms with E-state index in [0.29, 0.717) is 0 Å². The summed E-state index contributed by atoms with van der Waals surface area (Å²) >= 11 is 2.22. The fraction of sp³-hybridized carbons (Fsp3) is 0.385. The molecule has 1 aromatic heterocycles. The molecule has 0 spiro atoms. The summed E-state index contributed by atoms with van der Waals surface area (Å²) in [7, 11) is 0. The van der Waals surface area contributed by atoms with Gasteiger partial charge >= 0.3 is 0 Å². The van der Waals surface area contributed by atoms with Gasteiger partial charge in [0, 0.05) is 10.1 Å². The largest absolute Gasteiger partial charge is 0.299 e. The molecule has 0 aliphatic heterocycles. The lowest BCUT2D eigenvalue weighted by Gasteiger charge is -2.06. The summed E-state index contributed by atoms with van der Waals surface area (Å²) in [5.74, 6) is 0. The average molecular weight is 342 g/mol. The third-order valence-electron chi connectivity index (χ3n) is 2.79. The minimum atomic E-state index is 0.0737. The second kappa shape index (κ2) is 5.62. The Bertz CT molecular complexity index is 577. The monoisotopic (exact) mass is 342 g/mol. The van der Waals surface area contributed by atoms with Gasteiger partial charge in [0.05, 0.1) is 17.2 Å². The predicted molar refractivity (Wildman–Crippen MR) is 78.2 cm³/mol. The van der Waals surface area contributed by atoms with E-state index in [1.165, 1.54) is 0 Å². The third-order valence-corrected chi connectivity index (χ3v) is 3.46. The van der Waals surface area contributed by atoms with Crippen LogP contribution in [0.25, 0.3) is 10.9 Å². The molecule has 0 unspecified atom stereocenters. The van der Waals surface area contributed by atoms with Gasteiger partial charge in [-0.25, -0.2) is 4.98 Å². The number of aryl methyl sites for hydroxylation is 1. The first-order chi connectivity index (χ1) is 8.22. The summed E-state index contributed by atoms with van der Waals surface area (Å²) in [6, 6.07) is 5.77. The lowest BCUT2D eigenvalue weighted by molar-refractivity contribution is 0.584. The molecule has 0 amide bonds. The van der Waals surface area contributed by atoms with E-state index in [1.807, 2.05) is 18.2 Å². The molecule has 4 heteroatoms. The molecule has 1 heterocycles. The predicted octanol–water partition coefficient (Wildman–Crippen LogP) is 3.19. The van der Waals surface area contributed by atoms with Crippen LogP contribution in [0.1, 0.15) is 26.2 Å². The van der Waals surface area contributed by atoms with E-state index in [1.54, 1.807) is 10.9 Å². The van der Waals surface area contributed by atoms with E-state index in [-0.39, 0.29) is 5.56 Å². The standard InChI is InChI=1S/C13H15IN2O/c1-2-3-4-7-16-9-15-12-6-5-10(14)8-11(12)13(16)17/h5-6,8-9H,2-4,7H2,1H3. The first-order valence-corrected chi connectivity index (χ1v) is 6.95. The van der Waals surface area contributed by atoms with Crippen molar-refractivity contribution in [1.29, 1.82) is 0 Å². The first kappa shape index (κ1) is 12.5. The molecule has 0 saturated heterocycles. The Balaban J connectivity index is 2.39. The SMILES string of the molecule is CCCCCn1cnc2ccc(I)cc2c1=O. The maximum atomic E-state index is 12.2. The highest BCUT2D eigenvalue weighted by Gasteiger charge is 2.04. The van der Waals surface area contributed by atoms with Gasteiger partial charge in [-0.3, -0.25) is 9.36 Å². The van der Waals surface area contributed by atoms with Gasteiger partial charge in [-0.1, -0.05) is 19.8 Å². The van der Waals surface area contributed by atoms with Crippen molar-refractivity contribution in [3.8, 4) is 0 Å². The van der Waals surface area contributed by atoms with Crippen molar-refractivity contribution < 1.29 is 0 Å². The van der Waals surface area contributed by atoms with Gasteiger partial charge in [0.1, 0.15) is 0 Å². The van der Waals surface area contributed by atoms with Gasteiger partial charge < -0.3 is 0 Å². The second-order valence-electron chi connectivity index (χ2n) is 4.11. The molecule has 1 aromatic carbocycles. The van der Waals surface area contributed by atoms with Crippen LogP contribution in [0.2, 0.25) is 0 Å². The second-order valence-corrected chi connectivity index (χ2v) is 5.36. The fourth-order valence-corrected chi connectivity index (χ4v) is 2.31. The van der Waals surface area contributed by atoms with Gasteiger partial charge in [-0.05, 0) is 47.2 Å². The summed E-state index contributed by atoms with van der Waals surface area (Å²) in [5, 5.41) is 0.718. The molecule has 3 nitrogen and oxygen atoms in total. The van der Waals surface area contributed by atoms with Crippen LogP contribution in [0, 0.1) is 3.57 Å². The number of hydrogen-bond donors (Lipinski definition) is 0. The Morgan fingerprint density at radius 3 is 2.94 bits per heavy atom. The maximum absolute atomic E-state index is 12.2. The average Bonchev–Trinajstić information content (AvgIpc) is 2.33. The first-order valence-electron chi connectivity index (χ1n) is 5.87. The van der Waals surface area contributed by atoms with Crippen molar-refractivity contribution in [2.24, 2.45) is 0 Å². The molecule has 0 atom stereocenters. The zero-order valence-electron chi connectivity index (χ0n) is 9.82. The van der Waals surface area contributed by atoms with E-state index in [9.17, 15) is 4.79 Å². The highest BCUT2D eigenvalue weighted by Crippen LogP contribution is 2.11. The quantitative estimate of drug-likeness (QED) is 0.632. The summed E-state index contributed by atoms with van der Waals surface area (Å²) in [6.45, 7) is 2.92. The molecule has 0 saturated carbocycles. The number of hydrogen-bond acceptors (Lipinski definition) is 2. The Morgan fingerprint density at radius 2 is 2.18 bits per heavy atom. The maximum Gasteiger partial charge on any atom is 0.261 e. The summed E-state index contributed by atoms with van der Waals surface area (Å²) in [6.07, 6.45) is 5.01. The molecule has 2 rings (SSSR count). The van der Waals surface area contributed by atoms with Crippen LogP contribution < -0.4 is 5.56 Å². The number of aromatic nitrogens is 2. The smallest absolute Gasteiger partial charge is 0.261 e. The van der Waals surface area contributed by atoms with Crippen LogP contribution in [-0.2, 0) is 6.54 Å². The van der Waals surface area contributed by atoms with E-state index in [4.69, 9.17) is 0 Å². The molecule has 0 aliphatic rings. The van der Waals surface area contributed by atoms with Gasteiger partial charge in [-0.2, -0.15) is 0 Å². The van der Waals surface area contributed by atoms with Crippen LogP contribution in [0.4, 0.5) is 0 Å². The van der Waals surface area contributed by atoms with E-state index < -0.39 is 0 Å². The number of halogens is 1. The van der Waals surface area contributed by atoms with E-state index in [2.05, 4.69) is 34.5 Å². The minimum absolute atomic E-state index is 0.0737. The van der Waals surface area contributed by atoms with Crippen molar-refractivity contribution >= 4 is 33.5 Å². The van der Waals surface area contributed by atoms with Crippen molar-refractivity contribution in [1.82, 2.24) is 9.55 Å². The molecule has 0 N–H and O–H groups in total. The molecule has 0 bridgehead atoms. The van der Waals surface area contributed by atoms with E-state index >= 15 is 0 Å². The van der Waals surface area contributed by atoms with E-state index in [0.717, 1.165) is 40.3 Å². The molecule has 0 fully saturated rings. The fourth-order valence-electron chi connectivity index (χ4n) is 1.82. The Morgan fingerprint density at radius 1 is 1.35 bits per heavy atom. The normalized spacial score (nSPS) is 10.9. The highest BCUT2D eigenvalue weighted by atomic mass is 127. The topological polar surface area (TPSA) is 34.9 Å². The molecule has 2 aromatic rings. The number of benzene rings is 1. The zero-order valence-corrected chi connectivity index (χ0v) is 12.0. The lowest BCUT2D eigenvalue weighted by atomic mass is 10.2. The Labute approximate surface area is 114 Å². The number of fused-ring (bicyclic) bond motifs is 1. The summed E-state index contributed by atoms with van der Waals surface area (Å²) < 4.78 is 2.79. The van der Waals surface area contributed by atoms with Gasteiger partial charge in [0.25, 0.3) is 5.56 Å². The number of rotatable bonds is 4. The van der Waals surface area contributed by atoms with Crippen molar-refractivity contribution in [2.45, 2.75) is 32.7 Å². The third kappa shape index (κ3) is 2.86. The molecule has 90 valence electrons. The van der Waals surface area contributed by atoms with Gasteiger partial charge in [0.15, 0.2) is 0 Å². The molecule has 0 radical (unpaired) electrons. The molecular weight excluding hydrogens is 327 g/mol. The number of unbranched alkanes of at least 4 members (excludes halogenated alkanes) is 2. The van der Waals surface area contributed by atoms with Crippen LogP contribution >= 0.6 is 22.6 Å². The highest BCUT2D eigenvalue weighted by molar-refractivity contribution is 14.1. The summed E-state index contributed by atoms with van der Waals surface area (Å²) in [5.41, 5.74) is 0.853. The Kier molecular flexibility index (Phi) is 4.15. The minimum Gasteiger partial charge on any atom is -0.299 e. The Hall–Kier alpha value is -0.910. The van der Waals surface area contributed by atoms with Crippen molar-refractivity contribution in [2.75, 3.05) is 0 Å². The molecule has 17 heavy (non-hydrogen) atoms. The van der Waals surface area contributed by atoms with Crippen LogP contribution in [0.3, 0.4) is 0 Å². The lowest BCUT2D eigenvalue weighted by Crippen LogP contribution is -2.20. The van der Waals surface area contributed by atoms with Gasteiger partial charge in [-0.15, -0.1) is 0 Å². The van der Waals surface area contributed by atoms with Crippen LogP contribution in [-0.4, -0.2) is 9.55 Å². The van der Waals surface area contributed by atoms with Crippen LogP contribution in [0.5, 0.6) is 0 Å².